The minimum Gasteiger partial charge on any atom is -0.383 e. The summed E-state index contributed by atoms with van der Waals surface area (Å²) in [4.78, 5) is 31.2. The van der Waals surface area contributed by atoms with E-state index in [2.05, 4.69) is 14.9 Å². The van der Waals surface area contributed by atoms with Crippen LogP contribution in [-0.4, -0.2) is 35.1 Å². The van der Waals surface area contributed by atoms with Gasteiger partial charge in [-0.05, 0) is 19.3 Å². The number of carbonyl (C=O) groups excluding carboxylic acids is 2. The van der Waals surface area contributed by atoms with Crippen molar-refractivity contribution in [1.82, 2.24) is 9.97 Å². The molecule has 6 heteroatoms. The lowest BCUT2D eigenvalue weighted by atomic mass is 10.2. The topological polar surface area (TPSA) is 89.2 Å². The molecule has 0 aromatic carbocycles. The minimum atomic E-state index is 0.261. The first-order valence-corrected chi connectivity index (χ1v) is 7.46. The summed E-state index contributed by atoms with van der Waals surface area (Å²) in [6.45, 7) is 5.81. The summed E-state index contributed by atoms with van der Waals surface area (Å²) in [5, 5.41) is 0. The van der Waals surface area contributed by atoms with Crippen LogP contribution in [0.15, 0.2) is 6.33 Å². The zero-order chi connectivity index (χ0) is 15.7. The van der Waals surface area contributed by atoms with E-state index in [0.29, 0.717) is 23.6 Å². The fourth-order valence-corrected chi connectivity index (χ4v) is 2.15. The zero-order valence-corrected chi connectivity index (χ0v) is 12.8. The van der Waals surface area contributed by atoms with Gasteiger partial charge in [-0.15, -0.1) is 0 Å². The molecule has 0 unspecified atom stereocenters. The SMILES string of the molecule is CCCC(=O)CC.Nc1ncnc(N2CCCC2)c1C=O. The van der Waals surface area contributed by atoms with Gasteiger partial charge in [0.15, 0.2) is 6.29 Å². The van der Waals surface area contributed by atoms with Gasteiger partial charge in [0.2, 0.25) is 0 Å². The highest BCUT2D eigenvalue weighted by Gasteiger charge is 2.18. The molecule has 0 spiro atoms. The van der Waals surface area contributed by atoms with Crippen molar-refractivity contribution in [1.29, 1.82) is 0 Å². The Balaban J connectivity index is 0.000000270. The molecule has 0 aliphatic carbocycles. The highest BCUT2D eigenvalue weighted by atomic mass is 16.1. The minimum absolute atomic E-state index is 0.261. The molecule has 0 amide bonds. The maximum Gasteiger partial charge on any atom is 0.157 e. The monoisotopic (exact) mass is 292 g/mol. The average molecular weight is 292 g/mol. The van der Waals surface area contributed by atoms with Crippen LogP contribution in [-0.2, 0) is 4.79 Å². The van der Waals surface area contributed by atoms with Crippen LogP contribution in [0.25, 0.3) is 0 Å². The number of nitrogen functional groups attached to an aromatic ring is 1. The first-order valence-electron chi connectivity index (χ1n) is 7.46. The van der Waals surface area contributed by atoms with Crippen molar-refractivity contribution >= 4 is 23.7 Å². The maximum absolute atomic E-state index is 10.8. The molecule has 2 N–H and O–H groups in total. The van der Waals surface area contributed by atoms with E-state index in [4.69, 9.17) is 5.73 Å². The summed E-state index contributed by atoms with van der Waals surface area (Å²) in [6.07, 6.45) is 6.86. The summed E-state index contributed by atoms with van der Waals surface area (Å²) in [6, 6.07) is 0. The van der Waals surface area contributed by atoms with E-state index in [0.717, 1.165) is 45.1 Å². The largest absolute Gasteiger partial charge is 0.383 e. The molecule has 6 nitrogen and oxygen atoms in total. The molecule has 1 aromatic heterocycles. The number of aldehydes is 1. The van der Waals surface area contributed by atoms with E-state index >= 15 is 0 Å². The predicted octanol–water partition coefficient (Wildman–Crippen LogP) is 2.24. The molecule has 21 heavy (non-hydrogen) atoms. The number of nitrogens with two attached hydrogens (primary N) is 1. The molecule has 1 aromatic rings. The lowest BCUT2D eigenvalue weighted by Crippen LogP contribution is -2.21. The molecule has 0 atom stereocenters. The van der Waals surface area contributed by atoms with Gasteiger partial charge in [0.25, 0.3) is 0 Å². The molecule has 2 heterocycles. The Morgan fingerprint density at radius 3 is 2.48 bits per heavy atom. The maximum atomic E-state index is 10.8. The number of hydrogen-bond donors (Lipinski definition) is 1. The van der Waals surface area contributed by atoms with Gasteiger partial charge in [-0.25, -0.2) is 9.97 Å². The molecule has 1 fully saturated rings. The van der Waals surface area contributed by atoms with Gasteiger partial charge in [-0.3, -0.25) is 9.59 Å². The Morgan fingerprint density at radius 1 is 1.33 bits per heavy atom. The quantitative estimate of drug-likeness (QED) is 0.837. The first-order chi connectivity index (χ1) is 10.1. The number of Topliss-reactive ketones (excluding diaryl/α,β-unsaturated/α-hetero) is 1. The summed E-state index contributed by atoms with van der Waals surface area (Å²) in [5.74, 6) is 1.31. The molecule has 0 bridgehead atoms. The average Bonchev–Trinajstić information content (AvgIpc) is 3.02. The Labute approximate surface area is 125 Å². The third-order valence-corrected chi connectivity index (χ3v) is 3.34. The second kappa shape index (κ2) is 9.05. The third-order valence-electron chi connectivity index (χ3n) is 3.34. The number of rotatable bonds is 5. The first kappa shape index (κ1) is 17.1. The Hall–Kier alpha value is -1.98. The zero-order valence-electron chi connectivity index (χ0n) is 12.8. The van der Waals surface area contributed by atoms with Crippen LogP contribution in [0, 0.1) is 0 Å². The van der Waals surface area contributed by atoms with Crippen molar-refractivity contribution in [2.45, 2.75) is 46.0 Å². The third kappa shape index (κ3) is 5.13. The van der Waals surface area contributed by atoms with E-state index in [9.17, 15) is 9.59 Å². The molecule has 1 aliphatic rings. The van der Waals surface area contributed by atoms with E-state index in [1.54, 1.807) is 0 Å². The summed E-state index contributed by atoms with van der Waals surface area (Å²) in [5.41, 5.74) is 6.00. The summed E-state index contributed by atoms with van der Waals surface area (Å²) >= 11 is 0. The van der Waals surface area contributed by atoms with Gasteiger partial charge in [-0.1, -0.05) is 13.8 Å². The Bertz CT molecular complexity index is 471. The van der Waals surface area contributed by atoms with Crippen LogP contribution in [0.2, 0.25) is 0 Å². The second-order valence-corrected chi connectivity index (χ2v) is 4.95. The lowest BCUT2D eigenvalue weighted by Gasteiger charge is -2.17. The number of carbonyl (C=O) groups is 2. The number of aromatic nitrogens is 2. The van der Waals surface area contributed by atoms with Gasteiger partial charge in [-0.2, -0.15) is 0 Å². The standard InChI is InChI=1S/C9H12N4O.C6H12O/c10-8-7(5-14)9(12-6-11-8)13-3-1-2-4-13;1-3-5-6(7)4-2/h5-6H,1-4H2,(H2,10,11,12);3-5H2,1-2H3. The van der Waals surface area contributed by atoms with E-state index in [-0.39, 0.29) is 5.82 Å². The van der Waals surface area contributed by atoms with Crippen molar-refractivity contribution in [2.24, 2.45) is 0 Å². The number of nitrogens with zero attached hydrogens (tertiary/aromatic N) is 3. The molecular formula is C15H24N4O2. The molecule has 1 saturated heterocycles. The lowest BCUT2D eigenvalue weighted by molar-refractivity contribution is -0.118. The van der Waals surface area contributed by atoms with Crippen molar-refractivity contribution in [3.63, 3.8) is 0 Å². The van der Waals surface area contributed by atoms with Crippen molar-refractivity contribution in [3.05, 3.63) is 11.9 Å². The second-order valence-electron chi connectivity index (χ2n) is 4.95. The van der Waals surface area contributed by atoms with E-state index < -0.39 is 0 Å². The van der Waals surface area contributed by atoms with Gasteiger partial charge >= 0.3 is 0 Å². The normalized spacial score (nSPS) is 13.5. The van der Waals surface area contributed by atoms with Crippen LogP contribution in [0.1, 0.15) is 56.3 Å². The van der Waals surface area contributed by atoms with Crippen molar-refractivity contribution in [3.8, 4) is 0 Å². The fraction of sp³-hybridized carbons (Fsp3) is 0.600. The van der Waals surface area contributed by atoms with Gasteiger partial charge in [0.1, 0.15) is 23.7 Å². The molecule has 2 rings (SSSR count). The predicted molar refractivity (Wildman–Crippen MR) is 83.5 cm³/mol. The van der Waals surface area contributed by atoms with Crippen molar-refractivity contribution < 1.29 is 9.59 Å². The fourth-order valence-electron chi connectivity index (χ4n) is 2.15. The van der Waals surface area contributed by atoms with Gasteiger partial charge < -0.3 is 10.6 Å². The molecule has 116 valence electrons. The van der Waals surface area contributed by atoms with Crippen LogP contribution >= 0.6 is 0 Å². The van der Waals surface area contributed by atoms with E-state index in [1.165, 1.54) is 6.33 Å². The Morgan fingerprint density at radius 2 is 2.00 bits per heavy atom. The van der Waals surface area contributed by atoms with Crippen LogP contribution in [0.4, 0.5) is 11.6 Å². The summed E-state index contributed by atoms with van der Waals surface area (Å²) in [7, 11) is 0. The molecule has 0 radical (unpaired) electrons. The number of hydrogen-bond acceptors (Lipinski definition) is 6. The van der Waals surface area contributed by atoms with Gasteiger partial charge in [0, 0.05) is 25.9 Å². The number of anilines is 2. The van der Waals surface area contributed by atoms with Crippen LogP contribution in [0.5, 0.6) is 0 Å². The molecule has 0 saturated carbocycles. The highest BCUT2D eigenvalue weighted by Crippen LogP contribution is 2.22. The molecule has 1 aliphatic heterocycles. The van der Waals surface area contributed by atoms with Crippen molar-refractivity contribution in [2.75, 3.05) is 23.7 Å². The van der Waals surface area contributed by atoms with Crippen LogP contribution in [0.3, 0.4) is 0 Å². The smallest absolute Gasteiger partial charge is 0.157 e. The van der Waals surface area contributed by atoms with E-state index in [1.807, 2.05) is 13.8 Å². The summed E-state index contributed by atoms with van der Waals surface area (Å²) < 4.78 is 0. The molecular weight excluding hydrogens is 268 g/mol. The van der Waals surface area contributed by atoms with Gasteiger partial charge in [0.05, 0.1) is 5.56 Å². The Kier molecular flexibility index (Phi) is 7.36. The van der Waals surface area contributed by atoms with Crippen LogP contribution < -0.4 is 10.6 Å². The highest BCUT2D eigenvalue weighted by molar-refractivity contribution is 5.88. The number of ketones is 1.